The van der Waals surface area contributed by atoms with Crippen LogP contribution in [-0.4, -0.2) is 56.0 Å². The van der Waals surface area contributed by atoms with E-state index in [1.165, 1.54) is 70.6 Å². The van der Waals surface area contributed by atoms with E-state index in [4.69, 9.17) is 4.74 Å². The van der Waals surface area contributed by atoms with E-state index in [1.807, 2.05) is 21.1 Å². The maximum absolute atomic E-state index is 11.7. The smallest absolute Gasteiger partial charge is 0.305 e. The van der Waals surface area contributed by atoms with Crippen molar-refractivity contribution in [2.45, 2.75) is 103 Å². The molecule has 0 aromatic rings. The number of likely N-dealkylation sites (N-methyl/N-ethyl adjacent to an activating group) is 1. The molecule has 0 aromatic carbocycles. The maximum Gasteiger partial charge on any atom is 0.305 e. The molecule has 0 aromatic heterocycles. The van der Waals surface area contributed by atoms with Gasteiger partial charge >= 0.3 is 5.97 Å². The van der Waals surface area contributed by atoms with Crippen molar-refractivity contribution in [3.63, 3.8) is 0 Å². The van der Waals surface area contributed by atoms with Gasteiger partial charge < -0.3 is 14.3 Å². The lowest BCUT2D eigenvalue weighted by atomic mass is 10.1. The number of allylic oxidation sites excluding steroid dienone is 2. The molecule has 0 bridgehead atoms. The zero-order valence-electron chi connectivity index (χ0n) is 19.3. The van der Waals surface area contributed by atoms with Gasteiger partial charge in [0.2, 0.25) is 0 Å². The predicted molar refractivity (Wildman–Crippen MR) is 119 cm³/mol. The Balaban J connectivity index is 3.36. The molecule has 0 fully saturated rings. The van der Waals surface area contributed by atoms with Crippen LogP contribution in [0.15, 0.2) is 12.2 Å². The molecule has 166 valence electrons. The number of rotatable bonds is 19. The Hall–Kier alpha value is -0.870. The fourth-order valence-electron chi connectivity index (χ4n) is 3.29. The third-order valence-electron chi connectivity index (χ3n) is 4.84. The summed E-state index contributed by atoms with van der Waals surface area (Å²) in [5, 5.41) is 9.84. The molecule has 0 aliphatic rings. The molecule has 0 spiro atoms. The first kappa shape index (κ1) is 27.1. The molecule has 28 heavy (non-hydrogen) atoms. The number of esters is 1. The Kier molecular flexibility index (Phi) is 17.6. The number of unbranched alkanes of at least 4 members (excludes halogenated alkanes) is 11. The number of aliphatic hydroxyl groups is 1. The Morgan fingerprint density at radius 1 is 0.857 bits per heavy atom. The van der Waals surface area contributed by atoms with Gasteiger partial charge in [-0.05, 0) is 32.1 Å². The number of nitrogens with zero attached hydrogens (tertiary/aromatic N) is 1. The molecule has 1 N–H and O–H groups in total. The van der Waals surface area contributed by atoms with Crippen molar-refractivity contribution < 1.29 is 19.1 Å². The van der Waals surface area contributed by atoms with E-state index in [9.17, 15) is 9.90 Å². The van der Waals surface area contributed by atoms with E-state index in [1.54, 1.807) is 0 Å². The molecule has 0 heterocycles. The van der Waals surface area contributed by atoms with Crippen molar-refractivity contribution in [3.8, 4) is 0 Å². The molecule has 0 aliphatic heterocycles. The van der Waals surface area contributed by atoms with Gasteiger partial charge in [0.05, 0.1) is 21.1 Å². The molecule has 0 rings (SSSR count). The first-order chi connectivity index (χ1) is 13.3. The van der Waals surface area contributed by atoms with Crippen LogP contribution >= 0.6 is 0 Å². The minimum absolute atomic E-state index is 0.111. The SMILES string of the molecule is CCCCCCCC/C=C\CCCCCCCC(=O)OCC(O)C[N+](C)(C)C. The lowest BCUT2D eigenvalue weighted by molar-refractivity contribution is -0.873. The molecular formula is C24H48NO3+. The summed E-state index contributed by atoms with van der Waals surface area (Å²) in [5.74, 6) is -0.182. The average molecular weight is 399 g/mol. The number of aliphatic hydroxyl groups excluding tert-OH is 1. The first-order valence-electron chi connectivity index (χ1n) is 11.6. The monoisotopic (exact) mass is 398 g/mol. The molecule has 0 radical (unpaired) electrons. The summed E-state index contributed by atoms with van der Waals surface area (Å²) in [4.78, 5) is 11.7. The van der Waals surface area contributed by atoms with Gasteiger partial charge in [-0.15, -0.1) is 0 Å². The Morgan fingerprint density at radius 2 is 1.36 bits per heavy atom. The highest BCUT2D eigenvalue weighted by molar-refractivity contribution is 5.69. The summed E-state index contributed by atoms with van der Waals surface area (Å²) in [6, 6.07) is 0. The fraction of sp³-hybridized carbons (Fsp3) is 0.875. The standard InChI is InChI=1S/C24H48NO3/c1-5-6-7-8-9-10-11-12-13-14-15-16-17-18-19-20-24(27)28-22-23(26)21-25(2,3)4/h12-13,23,26H,5-11,14-22H2,1-4H3/q+1/b13-12-. The van der Waals surface area contributed by atoms with E-state index < -0.39 is 6.10 Å². The van der Waals surface area contributed by atoms with Crippen molar-refractivity contribution in [1.82, 2.24) is 0 Å². The van der Waals surface area contributed by atoms with E-state index in [2.05, 4.69) is 19.1 Å². The van der Waals surface area contributed by atoms with Crippen molar-refractivity contribution in [2.24, 2.45) is 0 Å². The lowest BCUT2D eigenvalue weighted by Crippen LogP contribution is -2.43. The number of quaternary nitrogens is 1. The van der Waals surface area contributed by atoms with Crippen LogP contribution < -0.4 is 0 Å². The molecule has 0 saturated carbocycles. The van der Waals surface area contributed by atoms with Crippen LogP contribution in [0.5, 0.6) is 0 Å². The molecule has 1 atom stereocenters. The minimum Gasteiger partial charge on any atom is -0.463 e. The Bertz CT molecular complexity index is 388. The quantitative estimate of drug-likeness (QED) is 0.133. The predicted octanol–water partition coefficient (Wildman–Crippen LogP) is 5.63. The summed E-state index contributed by atoms with van der Waals surface area (Å²) >= 11 is 0. The van der Waals surface area contributed by atoms with Gasteiger partial charge in [-0.25, -0.2) is 0 Å². The third kappa shape index (κ3) is 21.4. The van der Waals surface area contributed by atoms with E-state index in [-0.39, 0.29) is 12.6 Å². The normalized spacial score (nSPS) is 13.2. The molecule has 4 heteroatoms. The van der Waals surface area contributed by atoms with Gasteiger partial charge in [-0.3, -0.25) is 4.79 Å². The van der Waals surface area contributed by atoms with Crippen molar-refractivity contribution in [1.29, 1.82) is 0 Å². The summed E-state index contributed by atoms with van der Waals surface area (Å²) in [6.45, 7) is 2.96. The fourth-order valence-corrected chi connectivity index (χ4v) is 3.29. The summed E-state index contributed by atoms with van der Waals surface area (Å²) in [7, 11) is 6.03. The summed E-state index contributed by atoms with van der Waals surface area (Å²) in [5.41, 5.74) is 0. The molecule has 0 aliphatic carbocycles. The van der Waals surface area contributed by atoms with E-state index >= 15 is 0 Å². The van der Waals surface area contributed by atoms with Crippen molar-refractivity contribution in [2.75, 3.05) is 34.3 Å². The number of ether oxygens (including phenoxy) is 1. The zero-order valence-corrected chi connectivity index (χ0v) is 19.3. The number of hydrogen-bond acceptors (Lipinski definition) is 3. The highest BCUT2D eigenvalue weighted by Crippen LogP contribution is 2.10. The Morgan fingerprint density at radius 3 is 1.89 bits per heavy atom. The van der Waals surface area contributed by atoms with Gasteiger partial charge in [0.25, 0.3) is 0 Å². The lowest BCUT2D eigenvalue weighted by Gasteiger charge is -2.26. The van der Waals surface area contributed by atoms with Crippen LogP contribution in [0.4, 0.5) is 0 Å². The van der Waals surface area contributed by atoms with Crippen LogP contribution in [-0.2, 0) is 9.53 Å². The van der Waals surface area contributed by atoms with Gasteiger partial charge in [-0.2, -0.15) is 0 Å². The van der Waals surface area contributed by atoms with Crippen LogP contribution in [0.3, 0.4) is 0 Å². The van der Waals surface area contributed by atoms with Crippen LogP contribution in [0, 0.1) is 0 Å². The van der Waals surface area contributed by atoms with Gasteiger partial charge in [0.15, 0.2) is 0 Å². The molecular weight excluding hydrogens is 350 g/mol. The first-order valence-corrected chi connectivity index (χ1v) is 11.6. The van der Waals surface area contributed by atoms with Crippen molar-refractivity contribution >= 4 is 5.97 Å². The van der Waals surface area contributed by atoms with Crippen LogP contribution in [0.25, 0.3) is 0 Å². The van der Waals surface area contributed by atoms with Gasteiger partial charge in [-0.1, -0.05) is 70.4 Å². The van der Waals surface area contributed by atoms with E-state index in [0.717, 1.165) is 12.8 Å². The average Bonchev–Trinajstić information content (AvgIpc) is 2.62. The largest absolute Gasteiger partial charge is 0.463 e. The highest BCUT2D eigenvalue weighted by atomic mass is 16.5. The number of carbonyl (C=O) groups is 1. The maximum atomic E-state index is 11.7. The molecule has 0 saturated heterocycles. The van der Waals surface area contributed by atoms with E-state index in [0.29, 0.717) is 17.4 Å². The summed E-state index contributed by atoms with van der Waals surface area (Å²) in [6.07, 6.45) is 20.8. The third-order valence-corrected chi connectivity index (χ3v) is 4.84. The minimum atomic E-state index is -0.585. The summed E-state index contributed by atoms with van der Waals surface area (Å²) < 4.78 is 5.82. The van der Waals surface area contributed by atoms with Crippen molar-refractivity contribution in [3.05, 3.63) is 12.2 Å². The zero-order chi connectivity index (χ0) is 21.1. The van der Waals surface area contributed by atoms with Gasteiger partial charge in [0, 0.05) is 6.42 Å². The molecule has 1 unspecified atom stereocenters. The topological polar surface area (TPSA) is 46.5 Å². The number of hydrogen-bond donors (Lipinski definition) is 1. The van der Waals surface area contributed by atoms with Crippen LogP contribution in [0.1, 0.15) is 96.8 Å². The Labute approximate surface area is 174 Å². The number of carbonyl (C=O) groups excluding carboxylic acids is 1. The van der Waals surface area contributed by atoms with Gasteiger partial charge in [0.1, 0.15) is 19.3 Å². The highest BCUT2D eigenvalue weighted by Gasteiger charge is 2.17. The molecule has 4 nitrogen and oxygen atoms in total. The van der Waals surface area contributed by atoms with Crippen LogP contribution in [0.2, 0.25) is 0 Å². The molecule has 0 amide bonds. The second kappa shape index (κ2) is 18.2. The second-order valence-electron chi connectivity index (χ2n) is 9.14. The second-order valence-corrected chi connectivity index (χ2v) is 9.14.